The maximum Gasteiger partial charge on any atom is 0.418 e. The number of thiazole rings is 1. The van der Waals surface area contributed by atoms with Gasteiger partial charge in [-0.3, -0.25) is 19.1 Å². The van der Waals surface area contributed by atoms with Crippen LogP contribution in [0.25, 0.3) is 0 Å². The van der Waals surface area contributed by atoms with E-state index in [9.17, 15) is 18.0 Å². The number of nitrogens with two attached hydrogens (primary N) is 1. The molecule has 0 radical (unpaired) electrons. The molecule has 0 aromatic carbocycles. The number of carbonyl (C=O) groups excluding carboxylic acids is 2. The van der Waals surface area contributed by atoms with Crippen molar-refractivity contribution in [3.05, 3.63) is 11.1 Å². The SMILES string of the molecule is CN=C(C(=O)NC1C(=O)N(OS(=O)(=O)O)C12CCCC2)c1csc(N)n1. The van der Waals surface area contributed by atoms with E-state index >= 15 is 0 Å². The molecule has 1 aliphatic heterocycles. The Balaban J connectivity index is 1.80. The summed E-state index contributed by atoms with van der Waals surface area (Å²) in [5, 5.41) is 5.06. The van der Waals surface area contributed by atoms with Gasteiger partial charge < -0.3 is 11.1 Å². The highest BCUT2D eigenvalue weighted by atomic mass is 32.3. The van der Waals surface area contributed by atoms with Crippen LogP contribution in [0.5, 0.6) is 0 Å². The summed E-state index contributed by atoms with van der Waals surface area (Å²) in [6, 6.07) is -0.980. The number of anilines is 1. The first-order valence-electron chi connectivity index (χ1n) is 7.68. The Morgan fingerprint density at radius 3 is 2.69 bits per heavy atom. The molecule has 1 unspecified atom stereocenters. The van der Waals surface area contributed by atoms with Crippen molar-refractivity contribution in [2.45, 2.75) is 37.3 Å². The normalized spacial score (nSPS) is 22.5. The summed E-state index contributed by atoms with van der Waals surface area (Å²) in [5.41, 5.74) is 4.85. The van der Waals surface area contributed by atoms with E-state index in [1.807, 2.05) is 0 Å². The first kappa shape index (κ1) is 18.7. The van der Waals surface area contributed by atoms with Gasteiger partial charge in [-0.25, -0.2) is 4.98 Å². The second-order valence-corrected chi connectivity index (χ2v) is 7.89. The summed E-state index contributed by atoms with van der Waals surface area (Å²) < 4.78 is 35.3. The first-order chi connectivity index (χ1) is 12.2. The third kappa shape index (κ3) is 3.18. The van der Waals surface area contributed by atoms with E-state index in [-0.39, 0.29) is 16.5 Å². The van der Waals surface area contributed by atoms with Crippen LogP contribution in [-0.4, -0.2) is 59.2 Å². The van der Waals surface area contributed by atoms with Gasteiger partial charge in [0.15, 0.2) is 5.13 Å². The lowest BCUT2D eigenvalue weighted by molar-refractivity contribution is -0.225. The van der Waals surface area contributed by atoms with Crippen LogP contribution in [0.4, 0.5) is 5.13 Å². The number of nitrogens with one attached hydrogen (secondary N) is 1. The number of aliphatic imine (C=N–C) groups is 1. The Labute approximate surface area is 153 Å². The number of nitrogens with zero attached hydrogens (tertiary/aromatic N) is 3. The average molecular weight is 403 g/mol. The van der Waals surface area contributed by atoms with Crippen molar-refractivity contribution in [2.24, 2.45) is 4.99 Å². The smallest absolute Gasteiger partial charge is 0.375 e. The van der Waals surface area contributed by atoms with Crippen LogP contribution in [0.2, 0.25) is 0 Å². The minimum atomic E-state index is -4.85. The largest absolute Gasteiger partial charge is 0.418 e. The molecular formula is C13H17N5O6S2. The predicted octanol–water partition coefficient (Wildman–Crippen LogP) is -0.482. The van der Waals surface area contributed by atoms with Crippen molar-refractivity contribution in [2.75, 3.05) is 12.8 Å². The van der Waals surface area contributed by atoms with Gasteiger partial charge in [0.1, 0.15) is 23.0 Å². The second-order valence-electron chi connectivity index (χ2n) is 6.00. The summed E-state index contributed by atoms with van der Waals surface area (Å²) in [6.07, 6.45) is 2.31. The lowest BCUT2D eigenvalue weighted by Crippen LogP contribution is -2.78. The number of carbonyl (C=O) groups is 2. The van der Waals surface area contributed by atoms with Crippen LogP contribution in [0.15, 0.2) is 10.4 Å². The molecule has 26 heavy (non-hydrogen) atoms. The Morgan fingerprint density at radius 2 is 2.19 bits per heavy atom. The monoisotopic (exact) mass is 403 g/mol. The summed E-state index contributed by atoms with van der Waals surface area (Å²) >= 11 is 1.15. The van der Waals surface area contributed by atoms with Crippen LogP contribution >= 0.6 is 11.3 Å². The van der Waals surface area contributed by atoms with Crippen LogP contribution in [0.3, 0.4) is 0 Å². The number of hydrogen-bond acceptors (Lipinski definition) is 9. The predicted molar refractivity (Wildman–Crippen MR) is 91.6 cm³/mol. The van der Waals surface area contributed by atoms with Crippen molar-refractivity contribution in [1.82, 2.24) is 15.4 Å². The summed E-state index contributed by atoms with van der Waals surface area (Å²) in [6.45, 7) is 0. The van der Waals surface area contributed by atoms with Gasteiger partial charge in [-0.15, -0.1) is 15.6 Å². The molecule has 2 fully saturated rings. The van der Waals surface area contributed by atoms with Gasteiger partial charge in [0.2, 0.25) is 0 Å². The maximum atomic E-state index is 12.6. The molecule has 1 aromatic rings. The summed E-state index contributed by atoms with van der Waals surface area (Å²) in [7, 11) is -3.44. The number of hydroxylamine groups is 2. The molecule has 1 saturated carbocycles. The minimum Gasteiger partial charge on any atom is -0.375 e. The molecule has 4 N–H and O–H groups in total. The Hall–Kier alpha value is -2.09. The van der Waals surface area contributed by atoms with E-state index in [0.717, 1.165) is 24.2 Å². The standard InChI is InChI=1S/C13H17N5O6S2/c1-15-8(7-6-25-12(14)16-7)10(19)17-9-11(20)18(24-26(21,22)23)13(9)4-2-3-5-13/h6,9H,2-5H2,1H3,(H2,14,16)(H,17,19)(H,21,22,23). The molecule has 1 saturated heterocycles. The summed E-state index contributed by atoms with van der Waals surface area (Å²) in [4.78, 5) is 32.8. The zero-order valence-corrected chi connectivity index (χ0v) is 15.3. The van der Waals surface area contributed by atoms with Gasteiger partial charge in [-0.05, 0) is 12.8 Å². The zero-order valence-electron chi connectivity index (χ0n) is 13.7. The van der Waals surface area contributed by atoms with Crippen molar-refractivity contribution in [1.29, 1.82) is 0 Å². The highest BCUT2D eigenvalue weighted by Crippen LogP contribution is 2.46. The Kier molecular flexibility index (Phi) is 4.72. The van der Waals surface area contributed by atoms with E-state index in [1.165, 1.54) is 7.05 Å². The third-order valence-electron chi connectivity index (χ3n) is 4.51. The molecule has 2 heterocycles. The number of rotatable bonds is 5. The van der Waals surface area contributed by atoms with Crippen LogP contribution in [0, 0.1) is 0 Å². The van der Waals surface area contributed by atoms with Gasteiger partial charge in [0.05, 0.1) is 0 Å². The highest BCUT2D eigenvalue weighted by Gasteiger charge is 2.64. The molecule has 1 aliphatic carbocycles. The molecule has 11 nitrogen and oxygen atoms in total. The molecule has 142 valence electrons. The fourth-order valence-electron chi connectivity index (χ4n) is 3.43. The van der Waals surface area contributed by atoms with Crippen LogP contribution in [-0.2, 0) is 24.3 Å². The fourth-order valence-corrected chi connectivity index (χ4v) is 4.38. The van der Waals surface area contributed by atoms with Gasteiger partial charge in [-0.2, -0.15) is 13.5 Å². The lowest BCUT2D eigenvalue weighted by Gasteiger charge is -2.52. The molecule has 3 rings (SSSR count). The quantitative estimate of drug-likeness (QED) is 0.337. The van der Waals surface area contributed by atoms with Gasteiger partial charge in [-0.1, -0.05) is 12.8 Å². The molecule has 13 heteroatoms. The third-order valence-corrected chi connectivity index (χ3v) is 5.52. The Bertz CT molecular complexity index is 873. The van der Waals surface area contributed by atoms with Crippen LogP contribution in [0.1, 0.15) is 31.4 Å². The van der Waals surface area contributed by atoms with Gasteiger partial charge in [0.25, 0.3) is 11.8 Å². The number of β-lactam (4-membered cyclic amide) rings is 1. The van der Waals surface area contributed by atoms with Crippen molar-refractivity contribution >= 4 is 44.4 Å². The van der Waals surface area contributed by atoms with Crippen molar-refractivity contribution in [3.63, 3.8) is 0 Å². The van der Waals surface area contributed by atoms with E-state index < -0.39 is 33.8 Å². The number of aromatic nitrogens is 1. The highest BCUT2D eigenvalue weighted by molar-refractivity contribution is 7.80. The molecule has 2 aliphatic rings. The first-order valence-corrected chi connectivity index (χ1v) is 9.92. The number of nitrogen functional groups attached to an aromatic ring is 1. The molecule has 1 atom stereocenters. The molecule has 1 aromatic heterocycles. The minimum absolute atomic E-state index is 0.00745. The molecule has 0 bridgehead atoms. The second kappa shape index (κ2) is 6.57. The average Bonchev–Trinajstić information content (AvgIpc) is 3.21. The van der Waals surface area contributed by atoms with E-state index in [1.54, 1.807) is 5.38 Å². The fraction of sp³-hybridized carbons (Fsp3) is 0.538. The maximum absolute atomic E-state index is 12.6. The molecular weight excluding hydrogens is 386 g/mol. The number of hydrogen-bond donors (Lipinski definition) is 3. The zero-order chi connectivity index (χ0) is 19.1. The molecule has 2 amide bonds. The van der Waals surface area contributed by atoms with E-state index in [2.05, 4.69) is 19.6 Å². The lowest BCUT2D eigenvalue weighted by atomic mass is 9.79. The number of amides is 2. The van der Waals surface area contributed by atoms with Crippen molar-refractivity contribution < 1.29 is 26.8 Å². The Morgan fingerprint density at radius 1 is 1.54 bits per heavy atom. The van der Waals surface area contributed by atoms with Crippen LogP contribution < -0.4 is 11.1 Å². The van der Waals surface area contributed by atoms with Gasteiger partial charge in [0, 0.05) is 12.4 Å². The molecule has 1 spiro atoms. The van der Waals surface area contributed by atoms with E-state index in [0.29, 0.717) is 17.9 Å². The topological polar surface area (TPSA) is 164 Å². The summed E-state index contributed by atoms with van der Waals surface area (Å²) in [5.74, 6) is -1.39. The van der Waals surface area contributed by atoms with Gasteiger partial charge >= 0.3 is 10.4 Å². The van der Waals surface area contributed by atoms with Crippen molar-refractivity contribution in [3.8, 4) is 0 Å². The van der Waals surface area contributed by atoms with E-state index in [4.69, 9.17) is 10.3 Å².